The van der Waals surface area contributed by atoms with Crippen LogP contribution >= 0.6 is 0 Å². The van der Waals surface area contributed by atoms with Crippen molar-refractivity contribution >= 4 is 11.9 Å². The Morgan fingerprint density at radius 1 is 1.33 bits per heavy atom. The number of hydrogen-bond donors (Lipinski definition) is 2. The van der Waals surface area contributed by atoms with Gasteiger partial charge >= 0.3 is 5.97 Å². The maximum atomic E-state index is 11.9. The van der Waals surface area contributed by atoms with Gasteiger partial charge in [0.05, 0.1) is 6.42 Å². The summed E-state index contributed by atoms with van der Waals surface area (Å²) in [6.07, 6.45) is 6.44. The van der Waals surface area contributed by atoms with E-state index in [2.05, 4.69) is 5.32 Å². The van der Waals surface area contributed by atoms with Gasteiger partial charge in [-0.2, -0.15) is 0 Å². The highest BCUT2D eigenvalue weighted by Crippen LogP contribution is 2.49. The Bertz CT molecular complexity index is 329. The van der Waals surface area contributed by atoms with E-state index in [1.807, 2.05) is 6.92 Å². The first-order valence-electron chi connectivity index (χ1n) is 7.09. The van der Waals surface area contributed by atoms with Crippen LogP contribution in [0, 0.1) is 17.8 Å². The molecule has 4 unspecified atom stereocenters. The van der Waals surface area contributed by atoms with Gasteiger partial charge in [0.25, 0.3) is 0 Å². The molecule has 0 aliphatic heterocycles. The number of carbonyl (C=O) groups is 2. The van der Waals surface area contributed by atoms with Gasteiger partial charge < -0.3 is 10.4 Å². The van der Waals surface area contributed by atoms with Gasteiger partial charge in [-0.15, -0.1) is 0 Å². The third kappa shape index (κ3) is 3.24. The molecular formula is C14H23NO3. The van der Waals surface area contributed by atoms with Crippen molar-refractivity contribution in [1.82, 2.24) is 5.32 Å². The molecule has 2 aliphatic rings. The lowest BCUT2D eigenvalue weighted by Crippen LogP contribution is -2.37. The van der Waals surface area contributed by atoms with Gasteiger partial charge in [0.2, 0.25) is 5.91 Å². The van der Waals surface area contributed by atoms with Crippen LogP contribution in [0.1, 0.15) is 51.9 Å². The van der Waals surface area contributed by atoms with E-state index in [-0.39, 0.29) is 18.4 Å². The molecular weight excluding hydrogens is 230 g/mol. The zero-order chi connectivity index (χ0) is 13.1. The number of aliphatic carboxylic acids is 1. The fourth-order valence-electron chi connectivity index (χ4n) is 3.66. The minimum absolute atomic E-state index is 0.0267. The molecule has 2 bridgehead atoms. The number of amides is 1. The Kier molecular flexibility index (Phi) is 4.25. The highest BCUT2D eigenvalue weighted by molar-refractivity contribution is 5.77. The summed E-state index contributed by atoms with van der Waals surface area (Å²) in [5, 5.41) is 11.6. The number of carboxylic acids is 1. The van der Waals surface area contributed by atoms with Gasteiger partial charge in [-0.3, -0.25) is 9.59 Å². The summed E-state index contributed by atoms with van der Waals surface area (Å²) in [6.45, 7) is 1.91. The number of nitrogens with one attached hydrogen (secondary N) is 1. The van der Waals surface area contributed by atoms with Gasteiger partial charge in [0.1, 0.15) is 0 Å². The van der Waals surface area contributed by atoms with E-state index in [0.717, 1.165) is 11.8 Å². The molecule has 0 heterocycles. The maximum absolute atomic E-state index is 11.9. The predicted molar refractivity (Wildman–Crippen MR) is 68.0 cm³/mol. The van der Waals surface area contributed by atoms with Crippen molar-refractivity contribution in [3.63, 3.8) is 0 Å². The van der Waals surface area contributed by atoms with Gasteiger partial charge in [0.15, 0.2) is 0 Å². The molecule has 2 fully saturated rings. The van der Waals surface area contributed by atoms with Crippen molar-refractivity contribution in [2.75, 3.05) is 0 Å². The van der Waals surface area contributed by atoms with E-state index in [0.29, 0.717) is 18.8 Å². The molecule has 0 aromatic rings. The third-order valence-corrected chi connectivity index (χ3v) is 4.61. The summed E-state index contributed by atoms with van der Waals surface area (Å²) in [4.78, 5) is 22.6. The molecule has 0 aromatic carbocycles. The fourth-order valence-corrected chi connectivity index (χ4v) is 3.66. The van der Waals surface area contributed by atoms with Gasteiger partial charge in [-0.05, 0) is 43.4 Å². The molecule has 0 aromatic heterocycles. The quantitative estimate of drug-likeness (QED) is 0.762. The molecule has 2 saturated carbocycles. The molecule has 102 valence electrons. The highest BCUT2D eigenvalue weighted by atomic mass is 16.4. The van der Waals surface area contributed by atoms with Crippen LogP contribution in [-0.4, -0.2) is 23.0 Å². The van der Waals surface area contributed by atoms with Crippen LogP contribution < -0.4 is 5.32 Å². The third-order valence-electron chi connectivity index (χ3n) is 4.61. The number of carboxylic acid groups (broad SMARTS) is 1. The molecule has 2 rings (SSSR count). The molecule has 0 spiro atoms. The monoisotopic (exact) mass is 253 g/mol. The average Bonchev–Trinajstić information content (AvgIpc) is 2.89. The van der Waals surface area contributed by atoms with Gasteiger partial charge in [-0.1, -0.05) is 13.3 Å². The minimum atomic E-state index is -0.845. The Balaban J connectivity index is 1.76. The standard InChI is InChI=1S/C14H23NO3/c1-2-12(8-14(17)18)15-13(16)7-11-6-9-3-4-10(11)5-9/h9-12H,2-8H2,1H3,(H,15,16)(H,17,18). The lowest BCUT2D eigenvalue weighted by molar-refractivity contribution is -0.137. The maximum Gasteiger partial charge on any atom is 0.305 e. The Labute approximate surface area is 108 Å². The zero-order valence-electron chi connectivity index (χ0n) is 11.0. The molecule has 4 nitrogen and oxygen atoms in total. The predicted octanol–water partition coefficient (Wildman–Crippen LogP) is 2.18. The molecule has 0 radical (unpaired) electrons. The molecule has 1 amide bonds. The highest BCUT2D eigenvalue weighted by Gasteiger charge is 2.40. The number of fused-ring (bicyclic) bond motifs is 2. The van der Waals surface area contributed by atoms with Crippen LogP contribution in [0.4, 0.5) is 0 Å². The second-order valence-electron chi connectivity index (χ2n) is 5.91. The summed E-state index contributed by atoms with van der Waals surface area (Å²) in [5.74, 6) is 1.35. The van der Waals surface area contributed by atoms with E-state index in [4.69, 9.17) is 5.11 Å². The van der Waals surface area contributed by atoms with Crippen molar-refractivity contribution < 1.29 is 14.7 Å². The van der Waals surface area contributed by atoms with Crippen molar-refractivity contribution in [3.8, 4) is 0 Å². The first-order chi connectivity index (χ1) is 8.58. The molecule has 4 heteroatoms. The molecule has 0 saturated heterocycles. The second-order valence-corrected chi connectivity index (χ2v) is 5.91. The normalized spacial score (nSPS) is 31.3. The fraction of sp³-hybridized carbons (Fsp3) is 0.857. The van der Waals surface area contributed by atoms with Gasteiger partial charge in [0, 0.05) is 12.5 Å². The topological polar surface area (TPSA) is 66.4 Å². The number of rotatable bonds is 6. The summed E-state index contributed by atoms with van der Waals surface area (Å²) in [6, 6.07) is -0.214. The van der Waals surface area contributed by atoms with Crippen LogP contribution in [-0.2, 0) is 9.59 Å². The van der Waals surface area contributed by atoms with Gasteiger partial charge in [-0.25, -0.2) is 0 Å². The summed E-state index contributed by atoms with van der Waals surface area (Å²) in [5.41, 5.74) is 0. The second kappa shape index (κ2) is 5.72. The van der Waals surface area contributed by atoms with Crippen LogP contribution in [0.15, 0.2) is 0 Å². The summed E-state index contributed by atoms with van der Waals surface area (Å²) in [7, 11) is 0. The van der Waals surface area contributed by atoms with Crippen molar-refractivity contribution in [2.24, 2.45) is 17.8 Å². The first kappa shape index (κ1) is 13.4. The van der Waals surface area contributed by atoms with Crippen LogP contribution in [0.25, 0.3) is 0 Å². The zero-order valence-corrected chi connectivity index (χ0v) is 11.0. The number of carbonyl (C=O) groups excluding carboxylic acids is 1. The largest absolute Gasteiger partial charge is 0.481 e. The van der Waals surface area contributed by atoms with E-state index < -0.39 is 5.97 Å². The Morgan fingerprint density at radius 2 is 2.11 bits per heavy atom. The average molecular weight is 253 g/mol. The van der Waals surface area contributed by atoms with Crippen molar-refractivity contribution in [1.29, 1.82) is 0 Å². The molecule has 2 aliphatic carbocycles. The lowest BCUT2D eigenvalue weighted by Gasteiger charge is -2.22. The van der Waals surface area contributed by atoms with Crippen LogP contribution in [0.3, 0.4) is 0 Å². The summed E-state index contributed by atoms with van der Waals surface area (Å²) >= 11 is 0. The Hall–Kier alpha value is -1.06. The smallest absolute Gasteiger partial charge is 0.305 e. The number of hydrogen-bond acceptors (Lipinski definition) is 2. The molecule has 2 N–H and O–H groups in total. The van der Waals surface area contributed by atoms with Crippen molar-refractivity contribution in [3.05, 3.63) is 0 Å². The van der Waals surface area contributed by atoms with E-state index in [9.17, 15) is 9.59 Å². The lowest BCUT2D eigenvalue weighted by atomic mass is 9.86. The molecule has 4 atom stereocenters. The minimum Gasteiger partial charge on any atom is -0.481 e. The van der Waals surface area contributed by atoms with Crippen molar-refractivity contribution in [2.45, 2.75) is 57.9 Å². The van der Waals surface area contributed by atoms with Crippen LogP contribution in [0.5, 0.6) is 0 Å². The van der Waals surface area contributed by atoms with Crippen LogP contribution in [0.2, 0.25) is 0 Å². The first-order valence-corrected chi connectivity index (χ1v) is 7.09. The van der Waals surface area contributed by atoms with E-state index >= 15 is 0 Å². The Morgan fingerprint density at radius 3 is 2.61 bits per heavy atom. The summed E-state index contributed by atoms with van der Waals surface area (Å²) < 4.78 is 0. The van der Waals surface area contributed by atoms with E-state index in [1.165, 1.54) is 25.7 Å². The SMILES string of the molecule is CCC(CC(=O)O)NC(=O)CC1CC2CCC1C2. The molecule has 18 heavy (non-hydrogen) atoms. The van der Waals surface area contributed by atoms with E-state index in [1.54, 1.807) is 0 Å².